The molecule has 2 atom stereocenters. The highest BCUT2D eigenvalue weighted by Crippen LogP contribution is 2.21. The Kier molecular flexibility index (Phi) is 6.96. The molecule has 1 aliphatic rings. The SMILES string of the molecule is Cc1nccn1CCCC(=O)N1C[C@@H](F)C[C@H]1CNC(=O)CC(C)C. The number of hydrogen-bond donors (Lipinski definition) is 1. The molecule has 1 fully saturated rings. The van der Waals surface area contributed by atoms with Gasteiger partial charge in [0.1, 0.15) is 12.0 Å². The number of carbonyl (C=O) groups excluding carboxylic acids is 2. The Labute approximate surface area is 148 Å². The van der Waals surface area contributed by atoms with E-state index in [1.165, 1.54) is 0 Å². The smallest absolute Gasteiger partial charge is 0.223 e. The average molecular weight is 352 g/mol. The van der Waals surface area contributed by atoms with E-state index in [0.717, 1.165) is 12.4 Å². The number of nitrogens with one attached hydrogen (secondary N) is 1. The summed E-state index contributed by atoms with van der Waals surface area (Å²) < 4.78 is 15.8. The van der Waals surface area contributed by atoms with Gasteiger partial charge in [-0.1, -0.05) is 13.8 Å². The first kappa shape index (κ1) is 19.4. The first-order chi connectivity index (χ1) is 11.9. The molecule has 7 heteroatoms. The molecule has 0 saturated carbocycles. The molecule has 1 saturated heterocycles. The number of carbonyl (C=O) groups is 2. The minimum Gasteiger partial charge on any atom is -0.354 e. The molecule has 1 N–H and O–H groups in total. The summed E-state index contributed by atoms with van der Waals surface area (Å²) in [5.41, 5.74) is 0. The lowest BCUT2D eigenvalue weighted by Crippen LogP contribution is -2.43. The quantitative estimate of drug-likeness (QED) is 0.779. The van der Waals surface area contributed by atoms with Crippen molar-refractivity contribution in [3.63, 3.8) is 0 Å². The van der Waals surface area contributed by atoms with Gasteiger partial charge in [0.05, 0.1) is 12.6 Å². The van der Waals surface area contributed by atoms with E-state index < -0.39 is 6.17 Å². The van der Waals surface area contributed by atoms with E-state index in [2.05, 4.69) is 10.3 Å². The van der Waals surface area contributed by atoms with Gasteiger partial charge in [0.25, 0.3) is 0 Å². The van der Waals surface area contributed by atoms with Crippen molar-refractivity contribution in [1.29, 1.82) is 0 Å². The van der Waals surface area contributed by atoms with E-state index in [-0.39, 0.29) is 30.3 Å². The Bertz CT molecular complexity index is 587. The number of likely N-dealkylation sites (tertiary alicyclic amines) is 1. The van der Waals surface area contributed by atoms with Crippen molar-refractivity contribution in [1.82, 2.24) is 19.8 Å². The van der Waals surface area contributed by atoms with E-state index in [1.54, 1.807) is 11.1 Å². The first-order valence-corrected chi connectivity index (χ1v) is 9.04. The molecule has 0 radical (unpaired) electrons. The number of rotatable bonds is 8. The van der Waals surface area contributed by atoms with Crippen LogP contribution in [-0.2, 0) is 16.1 Å². The summed E-state index contributed by atoms with van der Waals surface area (Å²) in [6.45, 7) is 7.06. The molecular weight excluding hydrogens is 323 g/mol. The maximum Gasteiger partial charge on any atom is 0.223 e. The van der Waals surface area contributed by atoms with E-state index in [4.69, 9.17) is 0 Å². The summed E-state index contributed by atoms with van der Waals surface area (Å²) >= 11 is 0. The molecule has 2 amide bonds. The molecule has 0 spiro atoms. The second-order valence-corrected chi connectivity index (χ2v) is 7.21. The lowest BCUT2D eigenvalue weighted by Gasteiger charge is -2.25. The molecule has 0 bridgehead atoms. The lowest BCUT2D eigenvalue weighted by molar-refractivity contribution is -0.133. The van der Waals surface area contributed by atoms with Gasteiger partial charge in [-0.05, 0) is 19.3 Å². The van der Waals surface area contributed by atoms with Crippen LogP contribution < -0.4 is 5.32 Å². The molecule has 140 valence electrons. The number of alkyl halides is 1. The van der Waals surface area contributed by atoms with Gasteiger partial charge in [-0.2, -0.15) is 0 Å². The number of aromatic nitrogens is 2. The maximum atomic E-state index is 13.8. The predicted molar refractivity (Wildman–Crippen MR) is 93.7 cm³/mol. The Morgan fingerprint density at radius 2 is 2.20 bits per heavy atom. The lowest BCUT2D eigenvalue weighted by atomic mass is 10.1. The number of imidazole rings is 1. The van der Waals surface area contributed by atoms with E-state index in [1.807, 2.05) is 31.5 Å². The highest BCUT2D eigenvalue weighted by atomic mass is 19.1. The number of aryl methyl sites for hydroxylation is 2. The van der Waals surface area contributed by atoms with E-state index >= 15 is 0 Å². The predicted octanol–water partition coefficient (Wildman–Crippen LogP) is 2.07. The maximum absolute atomic E-state index is 13.8. The van der Waals surface area contributed by atoms with Gasteiger partial charge in [0, 0.05) is 44.7 Å². The summed E-state index contributed by atoms with van der Waals surface area (Å²) in [5, 5.41) is 2.84. The largest absolute Gasteiger partial charge is 0.354 e. The van der Waals surface area contributed by atoms with Gasteiger partial charge in [-0.25, -0.2) is 9.37 Å². The minimum atomic E-state index is -1.01. The molecule has 2 heterocycles. The van der Waals surface area contributed by atoms with Crippen LogP contribution in [0.25, 0.3) is 0 Å². The van der Waals surface area contributed by atoms with Crippen molar-refractivity contribution in [2.45, 2.75) is 65.2 Å². The Morgan fingerprint density at radius 1 is 1.44 bits per heavy atom. The van der Waals surface area contributed by atoms with Crippen LogP contribution in [-0.4, -0.2) is 51.6 Å². The van der Waals surface area contributed by atoms with Crippen LogP contribution in [0, 0.1) is 12.8 Å². The zero-order valence-electron chi connectivity index (χ0n) is 15.4. The molecule has 0 aliphatic carbocycles. The topological polar surface area (TPSA) is 67.2 Å². The van der Waals surface area contributed by atoms with E-state index in [0.29, 0.717) is 32.2 Å². The summed E-state index contributed by atoms with van der Waals surface area (Å²) in [5.74, 6) is 1.12. The van der Waals surface area contributed by atoms with Gasteiger partial charge in [0.2, 0.25) is 11.8 Å². The second kappa shape index (κ2) is 8.97. The van der Waals surface area contributed by atoms with Crippen molar-refractivity contribution < 1.29 is 14.0 Å². The fraction of sp³-hybridized carbons (Fsp3) is 0.722. The zero-order valence-corrected chi connectivity index (χ0v) is 15.4. The van der Waals surface area contributed by atoms with E-state index in [9.17, 15) is 14.0 Å². The van der Waals surface area contributed by atoms with Gasteiger partial charge in [0.15, 0.2) is 0 Å². The highest BCUT2D eigenvalue weighted by Gasteiger charge is 2.35. The first-order valence-electron chi connectivity index (χ1n) is 9.04. The molecular formula is C18H29FN4O2. The Hall–Kier alpha value is -1.92. The van der Waals surface area contributed by atoms with Crippen LogP contribution in [0.1, 0.15) is 45.4 Å². The average Bonchev–Trinajstić information content (AvgIpc) is 3.10. The van der Waals surface area contributed by atoms with Gasteiger partial charge >= 0.3 is 0 Å². The Balaban J connectivity index is 1.79. The third-order valence-corrected chi connectivity index (χ3v) is 4.53. The van der Waals surface area contributed by atoms with Gasteiger partial charge in [-0.3, -0.25) is 9.59 Å². The number of amides is 2. The van der Waals surface area contributed by atoms with Crippen LogP contribution in [0.4, 0.5) is 4.39 Å². The van der Waals surface area contributed by atoms with Crippen LogP contribution in [0.15, 0.2) is 12.4 Å². The third kappa shape index (κ3) is 5.83. The van der Waals surface area contributed by atoms with Crippen molar-refractivity contribution in [3.8, 4) is 0 Å². The molecule has 0 unspecified atom stereocenters. The molecule has 1 aromatic rings. The molecule has 25 heavy (non-hydrogen) atoms. The minimum absolute atomic E-state index is 0.0407. The molecule has 2 rings (SSSR count). The fourth-order valence-electron chi connectivity index (χ4n) is 3.22. The van der Waals surface area contributed by atoms with Crippen LogP contribution >= 0.6 is 0 Å². The van der Waals surface area contributed by atoms with Crippen LogP contribution in [0.2, 0.25) is 0 Å². The van der Waals surface area contributed by atoms with Crippen LogP contribution in [0.3, 0.4) is 0 Å². The second-order valence-electron chi connectivity index (χ2n) is 7.21. The van der Waals surface area contributed by atoms with Crippen molar-refractivity contribution >= 4 is 11.8 Å². The number of halogens is 1. The van der Waals surface area contributed by atoms with Crippen molar-refractivity contribution in [2.24, 2.45) is 5.92 Å². The summed E-state index contributed by atoms with van der Waals surface area (Å²) in [6.07, 6.45) is 4.43. The summed E-state index contributed by atoms with van der Waals surface area (Å²) in [4.78, 5) is 30.0. The normalized spacial score (nSPS) is 20.3. The number of nitrogens with zero attached hydrogens (tertiary/aromatic N) is 3. The number of hydrogen-bond acceptors (Lipinski definition) is 3. The van der Waals surface area contributed by atoms with Crippen molar-refractivity contribution in [3.05, 3.63) is 18.2 Å². The third-order valence-electron chi connectivity index (χ3n) is 4.53. The molecule has 0 aromatic carbocycles. The van der Waals surface area contributed by atoms with Gasteiger partial charge in [-0.15, -0.1) is 0 Å². The molecule has 6 nitrogen and oxygen atoms in total. The zero-order chi connectivity index (χ0) is 18.4. The summed E-state index contributed by atoms with van der Waals surface area (Å²) in [6, 6.07) is -0.242. The molecule has 1 aliphatic heterocycles. The molecule has 1 aromatic heterocycles. The fourth-order valence-corrected chi connectivity index (χ4v) is 3.22. The Morgan fingerprint density at radius 3 is 2.84 bits per heavy atom. The highest BCUT2D eigenvalue weighted by molar-refractivity contribution is 5.78. The monoisotopic (exact) mass is 352 g/mol. The van der Waals surface area contributed by atoms with Crippen molar-refractivity contribution in [2.75, 3.05) is 13.1 Å². The summed E-state index contributed by atoms with van der Waals surface area (Å²) in [7, 11) is 0. The van der Waals surface area contributed by atoms with Gasteiger partial charge < -0.3 is 14.8 Å². The standard InChI is InChI=1S/C18H29FN4O2/c1-13(2)9-17(24)21-11-16-10-15(19)12-23(16)18(25)5-4-7-22-8-6-20-14(22)3/h6,8,13,15-16H,4-5,7,9-12H2,1-3H3,(H,21,24)/t15-,16-/m0/s1. The van der Waals surface area contributed by atoms with Crippen LogP contribution in [0.5, 0.6) is 0 Å².